The first-order chi connectivity index (χ1) is 7.12. The maximum absolute atomic E-state index is 11.3. The topological polar surface area (TPSA) is 55.8 Å². The number of phosphoric acid groups is 1. The summed E-state index contributed by atoms with van der Waals surface area (Å²) in [7, 11) is -3.77. The van der Waals surface area contributed by atoms with Crippen LogP contribution in [0.4, 0.5) is 0 Å². The molecular formula is C10H23BaO4P. The summed E-state index contributed by atoms with van der Waals surface area (Å²) in [6.07, 6.45) is 5.76. The van der Waals surface area contributed by atoms with Gasteiger partial charge in [-0.2, -0.15) is 0 Å². The van der Waals surface area contributed by atoms with Crippen molar-refractivity contribution in [1.82, 2.24) is 0 Å². The summed E-state index contributed by atoms with van der Waals surface area (Å²) >= 11 is 0. The molecule has 16 heavy (non-hydrogen) atoms. The van der Waals surface area contributed by atoms with E-state index in [-0.39, 0.29) is 48.9 Å². The van der Waals surface area contributed by atoms with E-state index in [9.17, 15) is 9.46 Å². The zero-order valence-corrected chi connectivity index (χ0v) is 15.8. The van der Waals surface area contributed by atoms with Gasteiger partial charge in [-0.1, -0.05) is 39.5 Å². The molecular weight excluding hydrogens is 352 g/mol. The Balaban J connectivity index is 0. The van der Waals surface area contributed by atoms with Crippen LogP contribution in [0, 0.1) is 0 Å². The smallest absolute Gasteiger partial charge is 0.302 e. The van der Waals surface area contributed by atoms with Gasteiger partial charge in [-0.3, -0.25) is 9.05 Å². The molecule has 0 aliphatic carbocycles. The van der Waals surface area contributed by atoms with E-state index in [4.69, 9.17) is 9.05 Å². The van der Waals surface area contributed by atoms with Gasteiger partial charge in [-0.25, -0.2) is 4.57 Å². The molecule has 1 N–H and O–H groups in total. The van der Waals surface area contributed by atoms with Crippen molar-refractivity contribution in [3.63, 3.8) is 0 Å². The number of hydrogen-bond donors (Lipinski definition) is 1. The van der Waals surface area contributed by atoms with Crippen molar-refractivity contribution in [2.24, 2.45) is 0 Å². The van der Waals surface area contributed by atoms with Crippen LogP contribution in [0.15, 0.2) is 0 Å². The fourth-order valence-electron chi connectivity index (χ4n) is 1.10. The summed E-state index contributed by atoms with van der Waals surface area (Å²) in [4.78, 5) is 9.22. The number of phosphoric ester groups is 1. The van der Waals surface area contributed by atoms with E-state index in [2.05, 4.69) is 13.8 Å². The zero-order chi connectivity index (χ0) is 11.6. The fourth-order valence-corrected chi connectivity index (χ4v) is 1.90. The van der Waals surface area contributed by atoms with Gasteiger partial charge in [0.25, 0.3) is 0 Å². The van der Waals surface area contributed by atoms with Crippen LogP contribution in [-0.4, -0.2) is 67.0 Å². The average Bonchev–Trinajstić information content (AvgIpc) is 2.20. The van der Waals surface area contributed by atoms with Gasteiger partial charge in [-0.15, -0.1) is 0 Å². The molecule has 0 amide bonds. The van der Waals surface area contributed by atoms with Crippen molar-refractivity contribution >= 4 is 56.7 Å². The van der Waals surface area contributed by atoms with E-state index >= 15 is 0 Å². The molecule has 0 saturated heterocycles. The van der Waals surface area contributed by atoms with Crippen LogP contribution in [0.2, 0.25) is 0 Å². The van der Waals surface area contributed by atoms with Crippen molar-refractivity contribution in [3.8, 4) is 0 Å². The third kappa shape index (κ3) is 13.7. The van der Waals surface area contributed by atoms with Gasteiger partial charge in [-0.05, 0) is 12.8 Å². The van der Waals surface area contributed by atoms with Gasteiger partial charge >= 0.3 is 7.82 Å². The van der Waals surface area contributed by atoms with Crippen LogP contribution < -0.4 is 0 Å². The average molecular weight is 376 g/mol. The van der Waals surface area contributed by atoms with E-state index < -0.39 is 7.82 Å². The minimum atomic E-state index is -3.77. The largest absolute Gasteiger partial charge is 0.472 e. The molecule has 0 heterocycles. The van der Waals surface area contributed by atoms with Crippen molar-refractivity contribution in [3.05, 3.63) is 0 Å². The minimum absolute atomic E-state index is 0. The van der Waals surface area contributed by atoms with Crippen molar-refractivity contribution in [1.29, 1.82) is 0 Å². The first-order valence-electron chi connectivity index (χ1n) is 5.74. The second-order valence-electron chi connectivity index (χ2n) is 3.55. The van der Waals surface area contributed by atoms with Crippen LogP contribution in [-0.2, 0) is 13.6 Å². The molecule has 0 aromatic rings. The first kappa shape index (κ1) is 20.0. The third-order valence-electron chi connectivity index (χ3n) is 2.00. The van der Waals surface area contributed by atoms with Crippen molar-refractivity contribution in [2.45, 2.75) is 52.4 Å². The normalized spacial score (nSPS) is 11.2. The molecule has 0 saturated carbocycles. The maximum atomic E-state index is 11.3. The molecule has 0 aliphatic heterocycles. The maximum Gasteiger partial charge on any atom is 0.472 e. The number of hydrogen-bond acceptors (Lipinski definition) is 3. The Hall–Kier alpha value is 1.68. The van der Waals surface area contributed by atoms with Gasteiger partial charge in [0.2, 0.25) is 0 Å². The minimum Gasteiger partial charge on any atom is -0.302 e. The SMILES string of the molecule is CCCCCOP(=O)(O)OCCCCC.[Ba]. The molecule has 0 unspecified atom stereocenters. The molecule has 0 bridgehead atoms. The molecule has 0 rings (SSSR count). The molecule has 0 atom stereocenters. The van der Waals surface area contributed by atoms with E-state index in [1.54, 1.807) is 0 Å². The molecule has 0 aromatic heterocycles. The van der Waals surface area contributed by atoms with E-state index in [0.29, 0.717) is 13.2 Å². The van der Waals surface area contributed by atoms with Crippen LogP contribution in [0.1, 0.15) is 52.4 Å². The van der Waals surface area contributed by atoms with Gasteiger partial charge in [0.15, 0.2) is 0 Å². The van der Waals surface area contributed by atoms with E-state index in [1.807, 2.05) is 0 Å². The van der Waals surface area contributed by atoms with Crippen molar-refractivity contribution in [2.75, 3.05) is 13.2 Å². The quantitative estimate of drug-likeness (QED) is 0.362. The molecule has 0 aliphatic rings. The monoisotopic (exact) mass is 376 g/mol. The summed E-state index contributed by atoms with van der Waals surface area (Å²) < 4.78 is 20.9. The summed E-state index contributed by atoms with van der Waals surface area (Å²) in [5.41, 5.74) is 0. The zero-order valence-electron chi connectivity index (χ0n) is 10.5. The Morgan fingerprint density at radius 3 is 1.62 bits per heavy atom. The number of rotatable bonds is 10. The first-order valence-corrected chi connectivity index (χ1v) is 7.23. The predicted octanol–water partition coefficient (Wildman–Crippen LogP) is 3.12. The Labute approximate surface area is 139 Å². The standard InChI is InChI=1S/C10H23O4P.Ba/c1-3-5-7-9-13-15(11,12)14-10-8-6-4-2;/h3-10H2,1-2H3,(H,11,12);. The van der Waals surface area contributed by atoms with Gasteiger partial charge < -0.3 is 4.89 Å². The molecule has 0 aromatic carbocycles. The van der Waals surface area contributed by atoms with Crippen LogP contribution >= 0.6 is 7.82 Å². The Morgan fingerprint density at radius 2 is 1.31 bits per heavy atom. The van der Waals surface area contributed by atoms with Crippen LogP contribution in [0.5, 0.6) is 0 Å². The fraction of sp³-hybridized carbons (Fsp3) is 1.00. The molecule has 0 fully saturated rings. The number of unbranched alkanes of at least 4 members (excludes halogenated alkanes) is 4. The van der Waals surface area contributed by atoms with Crippen LogP contribution in [0.3, 0.4) is 0 Å². The van der Waals surface area contributed by atoms with E-state index in [0.717, 1.165) is 38.5 Å². The molecule has 2 radical (unpaired) electrons. The second kappa shape index (κ2) is 13.1. The summed E-state index contributed by atoms with van der Waals surface area (Å²) in [6.45, 7) is 4.74. The van der Waals surface area contributed by atoms with Gasteiger partial charge in [0, 0.05) is 48.9 Å². The summed E-state index contributed by atoms with van der Waals surface area (Å²) in [5, 5.41) is 0. The summed E-state index contributed by atoms with van der Waals surface area (Å²) in [6, 6.07) is 0. The second-order valence-corrected chi connectivity index (χ2v) is 5.00. The molecule has 94 valence electrons. The third-order valence-corrected chi connectivity index (χ3v) is 3.02. The predicted molar refractivity (Wildman–Crippen MR) is 66.5 cm³/mol. The Morgan fingerprint density at radius 1 is 0.938 bits per heavy atom. The Kier molecular flexibility index (Phi) is 16.4. The molecule has 0 spiro atoms. The van der Waals surface area contributed by atoms with Crippen molar-refractivity contribution < 1.29 is 18.5 Å². The summed E-state index contributed by atoms with van der Waals surface area (Å²) in [5.74, 6) is 0. The molecule has 6 heteroatoms. The van der Waals surface area contributed by atoms with Gasteiger partial charge in [0.05, 0.1) is 13.2 Å². The van der Waals surface area contributed by atoms with Gasteiger partial charge in [0.1, 0.15) is 0 Å². The Bertz CT molecular complexity index is 174. The van der Waals surface area contributed by atoms with Crippen LogP contribution in [0.25, 0.3) is 0 Å². The molecule has 4 nitrogen and oxygen atoms in total. The van der Waals surface area contributed by atoms with E-state index in [1.165, 1.54) is 0 Å².